The van der Waals surface area contributed by atoms with E-state index in [0.29, 0.717) is 12.1 Å². The molecule has 2 aliphatic rings. The summed E-state index contributed by atoms with van der Waals surface area (Å²) in [6, 6.07) is 1.31. The standard InChI is InChI=1S/C13H24N2O2S/c1-17-10-13(16)15-6-2-11(3-7-15)14-12-4-8-18-9-5-12/h11-12,14H,2-10H2,1H3. The predicted octanol–water partition coefficient (Wildman–Crippen LogP) is 1.11. The lowest BCUT2D eigenvalue weighted by molar-refractivity contribution is -0.136. The molecule has 18 heavy (non-hydrogen) atoms. The minimum Gasteiger partial charge on any atom is -0.375 e. The summed E-state index contributed by atoms with van der Waals surface area (Å²) >= 11 is 2.06. The highest BCUT2D eigenvalue weighted by atomic mass is 32.2. The lowest BCUT2D eigenvalue weighted by Gasteiger charge is -2.35. The Hall–Kier alpha value is -0.260. The Kier molecular flexibility index (Phi) is 5.79. The minimum absolute atomic E-state index is 0.130. The molecule has 1 amide bonds. The molecular formula is C13H24N2O2S. The van der Waals surface area contributed by atoms with Gasteiger partial charge in [0, 0.05) is 32.3 Å². The number of methoxy groups -OCH3 is 1. The van der Waals surface area contributed by atoms with Gasteiger partial charge in [-0.15, -0.1) is 0 Å². The second kappa shape index (κ2) is 7.36. The summed E-state index contributed by atoms with van der Waals surface area (Å²) < 4.78 is 4.90. The van der Waals surface area contributed by atoms with Crippen molar-refractivity contribution in [1.82, 2.24) is 10.2 Å². The van der Waals surface area contributed by atoms with E-state index in [-0.39, 0.29) is 12.5 Å². The summed E-state index contributed by atoms with van der Waals surface area (Å²) in [6.07, 6.45) is 4.76. The van der Waals surface area contributed by atoms with E-state index in [1.54, 1.807) is 7.11 Å². The van der Waals surface area contributed by atoms with E-state index in [0.717, 1.165) is 25.9 Å². The van der Waals surface area contributed by atoms with Crippen molar-refractivity contribution in [3.05, 3.63) is 0 Å². The molecule has 0 aromatic carbocycles. The maximum Gasteiger partial charge on any atom is 0.248 e. The van der Waals surface area contributed by atoms with Crippen LogP contribution in [0.4, 0.5) is 0 Å². The van der Waals surface area contributed by atoms with Gasteiger partial charge in [0.05, 0.1) is 0 Å². The fourth-order valence-electron chi connectivity index (χ4n) is 2.71. The van der Waals surface area contributed by atoms with Crippen LogP contribution in [0.15, 0.2) is 0 Å². The number of thioether (sulfide) groups is 1. The first-order valence-corrected chi connectivity index (χ1v) is 8.05. The number of nitrogens with zero attached hydrogens (tertiary/aromatic N) is 1. The van der Waals surface area contributed by atoms with Crippen LogP contribution in [-0.4, -0.2) is 61.2 Å². The lowest BCUT2D eigenvalue weighted by atomic mass is 10.0. The molecule has 104 valence electrons. The van der Waals surface area contributed by atoms with Gasteiger partial charge in [-0.25, -0.2) is 0 Å². The smallest absolute Gasteiger partial charge is 0.248 e. The van der Waals surface area contributed by atoms with Gasteiger partial charge in [-0.1, -0.05) is 0 Å². The lowest BCUT2D eigenvalue weighted by Crippen LogP contribution is -2.49. The topological polar surface area (TPSA) is 41.6 Å². The molecular weight excluding hydrogens is 248 g/mol. The number of rotatable bonds is 4. The molecule has 2 fully saturated rings. The van der Waals surface area contributed by atoms with E-state index in [4.69, 9.17) is 4.74 Å². The van der Waals surface area contributed by atoms with Crippen LogP contribution in [-0.2, 0) is 9.53 Å². The molecule has 0 bridgehead atoms. The Morgan fingerprint density at radius 1 is 1.22 bits per heavy atom. The zero-order valence-corrected chi connectivity index (χ0v) is 12.0. The first-order valence-electron chi connectivity index (χ1n) is 6.90. The van der Waals surface area contributed by atoms with Gasteiger partial charge in [-0.3, -0.25) is 4.79 Å². The molecule has 2 heterocycles. The first kappa shape index (κ1) is 14.2. The predicted molar refractivity (Wildman–Crippen MR) is 75.0 cm³/mol. The fourth-order valence-corrected chi connectivity index (χ4v) is 3.81. The number of piperidine rings is 1. The van der Waals surface area contributed by atoms with Crippen molar-refractivity contribution in [3.8, 4) is 0 Å². The van der Waals surface area contributed by atoms with Crippen molar-refractivity contribution in [2.75, 3.05) is 38.3 Å². The third-order valence-corrected chi connectivity index (χ3v) is 4.86. The molecule has 0 aliphatic carbocycles. The first-order chi connectivity index (χ1) is 8.79. The van der Waals surface area contributed by atoms with E-state index in [2.05, 4.69) is 17.1 Å². The van der Waals surface area contributed by atoms with Gasteiger partial charge in [0.2, 0.25) is 5.91 Å². The van der Waals surface area contributed by atoms with Gasteiger partial charge in [0.15, 0.2) is 0 Å². The number of likely N-dealkylation sites (tertiary alicyclic amines) is 1. The summed E-state index contributed by atoms with van der Waals surface area (Å²) in [5.74, 6) is 2.72. The van der Waals surface area contributed by atoms with Crippen molar-refractivity contribution in [2.24, 2.45) is 0 Å². The van der Waals surface area contributed by atoms with Crippen molar-refractivity contribution < 1.29 is 9.53 Å². The number of hydrogen-bond acceptors (Lipinski definition) is 4. The Balaban J connectivity index is 1.68. The van der Waals surface area contributed by atoms with E-state index in [1.165, 1.54) is 24.3 Å². The normalized spacial score (nSPS) is 23.3. The van der Waals surface area contributed by atoms with E-state index >= 15 is 0 Å². The van der Waals surface area contributed by atoms with Gasteiger partial charge in [-0.2, -0.15) is 11.8 Å². The Bertz CT molecular complexity index is 262. The second-order valence-electron chi connectivity index (χ2n) is 5.14. The van der Waals surface area contributed by atoms with Gasteiger partial charge in [0.1, 0.15) is 6.61 Å². The zero-order valence-electron chi connectivity index (χ0n) is 11.2. The highest BCUT2D eigenvalue weighted by Crippen LogP contribution is 2.19. The number of carbonyl (C=O) groups excluding carboxylic acids is 1. The summed E-state index contributed by atoms with van der Waals surface area (Å²) in [6.45, 7) is 1.97. The van der Waals surface area contributed by atoms with Crippen molar-refractivity contribution in [2.45, 2.75) is 37.8 Å². The number of hydrogen-bond donors (Lipinski definition) is 1. The third-order valence-electron chi connectivity index (χ3n) is 3.81. The molecule has 0 unspecified atom stereocenters. The summed E-state index contributed by atoms with van der Waals surface area (Å²) in [4.78, 5) is 13.6. The van der Waals surface area contributed by atoms with Gasteiger partial charge in [0.25, 0.3) is 0 Å². The molecule has 1 N–H and O–H groups in total. The van der Waals surface area contributed by atoms with E-state index < -0.39 is 0 Å². The number of carbonyl (C=O) groups is 1. The van der Waals surface area contributed by atoms with Crippen molar-refractivity contribution in [3.63, 3.8) is 0 Å². The molecule has 4 nitrogen and oxygen atoms in total. The Morgan fingerprint density at radius 2 is 1.83 bits per heavy atom. The van der Waals surface area contributed by atoms with Crippen LogP contribution in [0.1, 0.15) is 25.7 Å². The number of ether oxygens (including phenoxy) is 1. The number of amides is 1. The molecule has 0 saturated carbocycles. The zero-order chi connectivity index (χ0) is 12.8. The van der Waals surface area contributed by atoms with Crippen molar-refractivity contribution in [1.29, 1.82) is 0 Å². The SMILES string of the molecule is COCC(=O)N1CCC(NC2CCSCC2)CC1. The van der Waals surface area contributed by atoms with Crippen LogP contribution < -0.4 is 5.32 Å². The quantitative estimate of drug-likeness (QED) is 0.832. The average molecular weight is 272 g/mol. The number of nitrogens with one attached hydrogen (secondary N) is 1. The van der Waals surface area contributed by atoms with Crippen LogP contribution in [0.2, 0.25) is 0 Å². The minimum atomic E-state index is 0.130. The molecule has 5 heteroatoms. The highest BCUT2D eigenvalue weighted by Gasteiger charge is 2.24. The summed E-state index contributed by atoms with van der Waals surface area (Å²) in [7, 11) is 1.58. The van der Waals surface area contributed by atoms with Crippen LogP contribution in [0.5, 0.6) is 0 Å². The molecule has 2 aliphatic heterocycles. The second-order valence-corrected chi connectivity index (χ2v) is 6.37. The molecule has 2 saturated heterocycles. The van der Waals surface area contributed by atoms with Crippen LogP contribution >= 0.6 is 11.8 Å². The maximum atomic E-state index is 11.7. The monoisotopic (exact) mass is 272 g/mol. The van der Waals surface area contributed by atoms with E-state index in [1.807, 2.05) is 4.90 Å². The Morgan fingerprint density at radius 3 is 2.44 bits per heavy atom. The van der Waals surface area contributed by atoms with Crippen LogP contribution in [0.3, 0.4) is 0 Å². The summed E-state index contributed by atoms with van der Waals surface area (Å²) in [5, 5.41) is 3.77. The fraction of sp³-hybridized carbons (Fsp3) is 0.923. The van der Waals surface area contributed by atoms with Crippen LogP contribution in [0.25, 0.3) is 0 Å². The molecule has 0 aromatic heterocycles. The van der Waals surface area contributed by atoms with Crippen molar-refractivity contribution >= 4 is 17.7 Å². The molecule has 0 radical (unpaired) electrons. The van der Waals surface area contributed by atoms with Crippen LogP contribution in [0, 0.1) is 0 Å². The maximum absolute atomic E-state index is 11.7. The largest absolute Gasteiger partial charge is 0.375 e. The highest BCUT2D eigenvalue weighted by molar-refractivity contribution is 7.99. The molecule has 0 atom stereocenters. The molecule has 0 spiro atoms. The van der Waals surface area contributed by atoms with Gasteiger partial charge < -0.3 is 15.0 Å². The average Bonchev–Trinajstić information content (AvgIpc) is 2.41. The Labute approximate surface area is 114 Å². The third kappa shape index (κ3) is 4.14. The van der Waals surface area contributed by atoms with E-state index in [9.17, 15) is 4.79 Å². The molecule has 0 aromatic rings. The van der Waals surface area contributed by atoms with Gasteiger partial charge >= 0.3 is 0 Å². The summed E-state index contributed by atoms with van der Waals surface area (Å²) in [5.41, 5.74) is 0. The molecule has 2 rings (SSSR count). The van der Waals surface area contributed by atoms with Gasteiger partial charge in [-0.05, 0) is 37.2 Å².